The summed E-state index contributed by atoms with van der Waals surface area (Å²) in [5.74, 6) is 0.886. The van der Waals surface area contributed by atoms with E-state index in [0.717, 1.165) is 33.1 Å². The molecule has 5 aromatic rings. The van der Waals surface area contributed by atoms with Gasteiger partial charge in [-0.3, -0.25) is 9.89 Å². The van der Waals surface area contributed by atoms with E-state index >= 15 is 0 Å². The van der Waals surface area contributed by atoms with Gasteiger partial charge >= 0.3 is 0 Å². The predicted molar refractivity (Wildman–Crippen MR) is 132 cm³/mol. The number of nitrogens with one attached hydrogen (secondary N) is 4. The van der Waals surface area contributed by atoms with Crippen molar-refractivity contribution in [3.05, 3.63) is 90.8 Å². The van der Waals surface area contributed by atoms with Crippen LogP contribution in [0.15, 0.2) is 85.1 Å². The summed E-state index contributed by atoms with van der Waals surface area (Å²) in [6, 6.07) is 15.2. The maximum atomic E-state index is 12.5. The number of carbonyl (C=O) groups excluding carboxylic acids is 1. The number of hydrogen-bond acceptors (Lipinski definition) is 7. The number of nitrogens with two attached hydrogens (primary N) is 2. The molecule has 1 amide bonds. The number of amides is 1. The third-order valence-corrected chi connectivity index (χ3v) is 5.21. The largest absolute Gasteiger partial charge is 0.405 e. The zero-order chi connectivity index (χ0) is 23.5. The Hall–Kier alpha value is -5.12. The third kappa shape index (κ3) is 4.15. The minimum absolute atomic E-state index is 0.329. The molecule has 0 aliphatic rings. The zero-order valence-corrected chi connectivity index (χ0v) is 17.9. The summed E-state index contributed by atoms with van der Waals surface area (Å²) in [4.78, 5) is 24.7. The van der Waals surface area contributed by atoms with Gasteiger partial charge in [0.25, 0.3) is 5.91 Å². The second kappa shape index (κ2) is 8.79. The molecule has 10 heteroatoms. The lowest BCUT2D eigenvalue weighted by Crippen LogP contribution is -2.23. The molecule has 3 aromatic heterocycles. The van der Waals surface area contributed by atoms with Gasteiger partial charge in [0.05, 0.1) is 17.4 Å². The molecule has 0 saturated carbocycles. The summed E-state index contributed by atoms with van der Waals surface area (Å²) in [6.45, 7) is 0. The number of hydrogen-bond donors (Lipinski definition) is 6. The molecule has 2 aromatic carbocycles. The van der Waals surface area contributed by atoms with Crippen LogP contribution in [0.1, 0.15) is 10.5 Å². The zero-order valence-electron chi connectivity index (χ0n) is 17.9. The topological polar surface area (TPSA) is 163 Å². The molecule has 0 fully saturated rings. The van der Waals surface area contributed by atoms with Crippen molar-refractivity contribution in [2.45, 2.75) is 0 Å². The highest BCUT2D eigenvalue weighted by molar-refractivity contribution is 5.99. The number of aromatic nitrogens is 5. The van der Waals surface area contributed by atoms with Crippen molar-refractivity contribution in [3.63, 3.8) is 0 Å². The average molecular weight is 451 g/mol. The van der Waals surface area contributed by atoms with E-state index in [0.29, 0.717) is 23.0 Å². The van der Waals surface area contributed by atoms with Crippen molar-refractivity contribution < 1.29 is 4.79 Å². The van der Waals surface area contributed by atoms with E-state index < -0.39 is 0 Å². The van der Waals surface area contributed by atoms with E-state index in [4.69, 9.17) is 11.5 Å². The van der Waals surface area contributed by atoms with Crippen LogP contribution in [-0.2, 0) is 0 Å². The quantitative estimate of drug-likeness (QED) is 0.216. The van der Waals surface area contributed by atoms with E-state index in [2.05, 4.69) is 35.8 Å². The number of carbonyl (C=O) groups is 1. The van der Waals surface area contributed by atoms with Gasteiger partial charge in [0, 0.05) is 39.9 Å². The predicted octanol–water partition coefficient (Wildman–Crippen LogP) is 3.25. The minimum atomic E-state index is -0.329. The highest BCUT2D eigenvalue weighted by Gasteiger charge is 2.12. The summed E-state index contributed by atoms with van der Waals surface area (Å²) in [5.41, 5.74) is 15.1. The molecular formula is C24H21N9O. The molecule has 0 spiro atoms. The van der Waals surface area contributed by atoms with Gasteiger partial charge in [-0.1, -0.05) is 12.1 Å². The van der Waals surface area contributed by atoms with Gasteiger partial charge in [0.1, 0.15) is 11.5 Å². The Morgan fingerprint density at radius 3 is 2.76 bits per heavy atom. The maximum Gasteiger partial charge on any atom is 0.272 e. The lowest BCUT2D eigenvalue weighted by Gasteiger charge is -2.07. The Morgan fingerprint density at radius 1 is 1.00 bits per heavy atom. The van der Waals surface area contributed by atoms with Crippen LogP contribution in [0.5, 0.6) is 0 Å². The lowest BCUT2D eigenvalue weighted by molar-refractivity contribution is 0.0963. The van der Waals surface area contributed by atoms with Gasteiger partial charge in [-0.15, -0.1) is 0 Å². The first-order chi connectivity index (χ1) is 16.6. The second-order valence-corrected chi connectivity index (χ2v) is 7.48. The summed E-state index contributed by atoms with van der Waals surface area (Å²) < 4.78 is 0. The third-order valence-electron chi connectivity index (χ3n) is 5.21. The Kier molecular flexibility index (Phi) is 5.37. The summed E-state index contributed by atoms with van der Waals surface area (Å²) in [6.07, 6.45) is 7.55. The standard InChI is InChI=1S/C24H21N9O/c25-7-5-18(12-26)30-24(34)21-10-14-1-2-15(11-20(14)31-21)23-27-8-6-22(32-23)29-17-3-4-19-16(9-17)13-28-33-19/h1-13,31H,25-26H2,(H,28,33)(H,30,34)(H,27,29,32)/b7-5-,18-12+. The second-order valence-electron chi connectivity index (χ2n) is 7.48. The number of allylic oxidation sites excluding steroid dienone is 1. The van der Waals surface area contributed by atoms with Gasteiger partial charge in [-0.05, 0) is 48.7 Å². The van der Waals surface area contributed by atoms with Crippen molar-refractivity contribution >= 4 is 39.2 Å². The van der Waals surface area contributed by atoms with Crippen molar-refractivity contribution in [3.8, 4) is 11.4 Å². The molecular weight excluding hydrogens is 430 g/mol. The molecule has 168 valence electrons. The molecule has 0 aliphatic heterocycles. The fraction of sp³-hybridized carbons (Fsp3) is 0. The van der Waals surface area contributed by atoms with Crippen LogP contribution >= 0.6 is 0 Å². The SMILES string of the molecule is N/C=C\C(=C/N)NC(=O)c1cc2ccc(-c3nccc(Nc4ccc5[nH]ncc5c4)n3)cc2[nH]1. The monoisotopic (exact) mass is 451 g/mol. The fourth-order valence-corrected chi connectivity index (χ4v) is 3.57. The van der Waals surface area contributed by atoms with Crippen molar-refractivity contribution in [1.29, 1.82) is 0 Å². The van der Waals surface area contributed by atoms with Crippen molar-refractivity contribution in [2.24, 2.45) is 11.5 Å². The first kappa shape index (κ1) is 20.8. The van der Waals surface area contributed by atoms with Gasteiger partial charge in [0.2, 0.25) is 0 Å². The van der Waals surface area contributed by atoms with Crippen LogP contribution in [0.2, 0.25) is 0 Å². The Balaban J connectivity index is 1.39. The van der Waals surface area contributed by atoms with Crippen molar-refractivity contribution in [2.75, 3.05) is 5.32 Å². The Morgan fingerprint density at radius 2 is 1.91 bits per heavy atom. The maximum absolute atomic E-state index is 12.5. The first-order valence-electron chi connectivity index (χ1n) is 10.4. The number of rotatable bonds is 6. The Labute approximate surface area is 193 Å². The van der Waals surface area contributed by atoms with Gasteiger partial charge in [0.15, 0.2) is 5.82 Å². The molecule has 5 rings (SSSR count). The summed E-state index contributed by atoms with van der Waals surface area (Å²) in [7, 11) is 0. The Bertz CT molecular complexity index is 1560. The molecule has 0 saturated heterocycles. The number of fused-ring (bicyclic) bond motifs is 2. The van der Waals surface area contributed by atoms with Crippen LogP contribution in [0, 0.1) is 0 Å². The van der Waals surface area contributed by atoms with Crippen molar-refractivity contribution in [1.82, 2.24) is 30.5 Å². The van der Waals surface area contributed by atoms with Crippen LogP contribution in [-0.4, -0.2) is 31.1 Å². The highest BCUT2D eigenvalue weighted by Crippen LogP contribution is 2.25. The molecule has 3 heterocycles. The van der Waals surface area contributed by atoms with Crippen LogP contribution in [0.4, 0.5) is 11.5 Å². The molecule has 0 radical (unpaired) electrons. The smallest absolute Gasteiger partial charge is 0.272 e. The number of nitrogens with zero attached hydrogens (tertiary/aromatic N) is 3. The normalized spacial score (nSPS) is 11.9. The van der Waals surface area contributed by atoms with E-state index in [-0.39, 0.29) is 5.91 Å². The highest BCUT2D eigenvalue weighted by atomic mass is 16.1. The number of benzene rings is 2. The lowest BCUT2D eigenvalue weighted by atomic mass is 10.1. The van der Waals surface area contributed by atoms with Gasteiger partial charge < -0.3 is 27.1 Å². The van der Waals surface area contributed by atoms with Gasteiger partial charge in [-0.25, -0.2) is 9.97 Å². The molecule has 0 aliphatic carbocycles. The molecule has 8 N–H and O–H groups in total. The van der Waals surface area contributed by atoms with E-state index in [1.807, 2.05) is 36.4 Å². The fourth-order valence-electron chi connectivity index (χ4n) is 3.57. The van der Waals surface area contributed by atoms with Crippen LogP contribution in [0.3, 0.4) is 0 Å². The molecule has 34 heavy (non-hydrogen) atoms. The molecule has 0 bridgehead atoms. The minimum Gasteiger partial charge on any atom is -0.405 e. The number of anilines is 2. The average Bonchev–Trinajstić information content (AvgIpc) is 3.50. The number of H-pyrrole nitrogens is 2. The van der Waals surface area contributed by atoms with E-state index in [1.165, 1.54) is 18.5 Å². The first-order valence-corrected chi connectivity index (χ1v) is 10.4. The summed E-state index contributed by atoms with van der Waals surface area (Å²) >= 11 is 0. The van der Waals surface area contributed by atoms with Crippen LogP contribution < -0.4 is 22.1 Å². The van der Waals surface area contributed by atoms with Gasteiger partial charge in [-0.2, -0.15) is 5.10 Å². The molecule has 0 unspecified atom stereocenters. The van der Waals surface area contributed by atoms with Crippen LogP contribution in [0.25, 0.3) is 33.2 Å². The van der Waals surface area contributed by atoms with E-state index in [9.17, 15) is 4.79 Å². The molecule has 0 atom stereocenters. The molecule has 10 nitrogen and oxygen atoms in total. The van der Waals surface area contributed by atoms with E-state index in [1.54, 1.807) is 24.5 Å². The number of aromatic amines is 2. The summed E-state index contributed by atoms with van der Waals surface area (Å²) in [5, 5.41) is 14.9.